The fourth-order valence-electron chi connectivity index (χ4n) is 2.94. The first kappa shape index (κ1) is 13.7. The van der Waals surface area contributed by atoms with E-state index in [1.807, 2.05) is 12.1 Å². The summed E-state index contributed by atoms with van der Waals surface area (Å²) in [6.07, 6.45) is 1.26. The molecular formula is C18H21NO3. The van der Waals surface area contributed by atoms with Crippen molar-refractivity contribution in [3.63, 3.8) is 0 Å². The molecule has 1 aliphatic heterocycles. The molecule has 1 saturated carbocycles. The van der Waals surface area contributed by atoms with Crippen molar-refractivity contribution < 1.29 is 13.9 Å². The Bertz CT molecular complexity index is 664. The number of hydrogen-bond acceptors (Lipinski definition) is 4. The molecule has 1 aromatic heterocycles. The number of benzene rings is 1. The van der Waals surface area contributed by atoms with Gasteiger partial charge in [0.25, 0.3) is 0 Å². The first-order valence-electron chi connectivity index (χ1n) is 7.97. The molecule has 0 spiro atoms. The Morgan fingerprint density at radius 2 is 1.86 bits per heavy atom. The smallest absolute Gasteiger partial charge is 0.161 e. The number of hydrogen-bond donors (Lipinski definition) is 1. The van der Waals surface area contributed by atoms with Gasteiger partial charge in [-0.25, -0.2) is 0 Å². The standard InChI is InChI=1S/C18H21NO3/c1-12-8-15(12)16-5-3-14(22-16)11-19-10-13-2-4-17-18(9-13)21-7-6-20-17/h2-5,9,12,15,19H,6-8,10-11H2,1H3. The van der Waals surface area contributed by atoms with Gasteiger partial charge in [-0.05, 0) is 42.2 Å². The van der Waals surface area contributed by atoms with E-state index in [4.69, 9.17) is 13.9 Å². The first-order chi connectivity index (χ1) is 10.8. The van der Waals surface area contributed by atoms with Crippen molar-refractivity contribution in [1.82, 2.24) is 5.32 Å². The van der Waals surface area contributed by atoms with Crippen LogP contribution in [0.4, 0.5) is 0 Å². The summed E-state index contributed by atoms with van der Waals surface area (Å²) >= 11 is 0. The largest absolute Gasteiger partial charge is 0.486 e. The minimum absolute atomic E-state index is 0.624. The molecule has 2 aliphatic rings. The van der Waals surface area contributed by atoms with E-state index in [2.05, 4.69) is 30.4 Å². The van der Waals surface area contributed by atoms with E-state index in [1.54, 1.807) is 0 Å². The molecule has 116 valence electrons. The zero-order valence-corrected chi connectivity index (χ0v) is 12.8. The number of ether oxygens (including phenoxy) is 2. The molecule has 2 atom stereocenters. The summed E-state index contributed by atoms with van der Waals surface area (Å²) in [4.78, 5) is 0. The Balaban J connectivity index is 1.32. The average molecular weight is 299 g/mol. The Kier molecular flexibility index (Phi) is 3.54. The lowest BCUT2D eigenvalue weighted by atomic mass is 10.2. The van der Waals surface area contributed by atoms with E-state index in [0.29, 0.717) is 19.1 Å². The van der Waals surface area contributed by atoms with Gasteiger partial charge in [0.15, 0.2) is 11.5 Å². The maximum absolute atomic E-state index is 5.90. The van der Waals surface area contributed by atoms with Crippen LogP contribution in [0.15, 0.2) is 34.7 Å². The number of fused-ring (bicyclic) bond motifs is 1. The molecule has 22 heavy (non-hydrogen) atoms. The third kappa shape index (κ3) is 2.83. The van der Waals surface area contributed by atoms with Gasteiger partial charge in [-0.1, -0.05) is 13.0 Å². The molecule has 4 nitrogen and oxygen atoms in total. The molecule has 2 unspecified atom stereocenters. The van der Waals surface area contributed by atoms with E-state index in [0.717, 1.165) is 42.0 Å². The molecule has 4 heteroatoms. The lowest BCUT2D eigenvalue weighted by molar-refractivity contribution is 0.171. The highest BCUT2D eigenvalue weighted by Gasteiger charge is 2.36. The fraction of sp³-hybridized carbons (Fsp3) is 0.444. The third-order valence-corrected chi connectivity index (χ3v) is 4.39. The zero-order valence-electron chi connectivity index (χ0n) is 12.8. The SMILES string of the molecule is CC1CC1c1ccc(CNCc2ccc3c(c2)OCCO3)o1. The molecule has 2 aromatic rings. The Hall–Kier alpha value is -1.94. The molecule has 1 fully saturated rings. The van der Waals surface area contributed by atoms with Crippen molar-refractivity contribution in [3.8, 4) is 11.5 Å². The quantitative estimate of drug-likeness (QED) is 0.918. The van der Waals surface area contributed by atoms with Gasteiger partial charge in [-0.15, -0.1) is 0 Å². The van der Waals surface area contributed by atoms with Crippen LogP contribution < -0.4 is 14.8 Å². The van der Waals surface area contributed by atoms with Gasteiger partial charge >= 0.3 is 0 Å². The zero-order chi connectivity index (χ0) is 14.9. The molecule has 1 aliphatic carbocycles. The van der Waals surface area contributed by atoms with Gasteiger partial charge < -0.3 is 19.2 Å². The van der Waals surface area contributed by atoms with Gasteiger partial charge in [0.2, 0.25) is 0 Å². The Morgan fingerprint density at radius 1 is 1.05 bits per heavy atom. The normalized spacial score (nSPS) is 22.6. The first-order valence-corrected chi connectivity index (χ1v) is 7.97. The monoisotopic (exact) mass is 299 g/mol. The fourth-order valence-corrected chi connectivity index (χ4v) is 2.94. The summed E-state index contributed by atoms with van der Waals surface area (Å²) in [7, 11) is 0. The Labute approximate surface area is 130 Å². The summed E-state index contributed by atoms with van der Waals surface area (Å²) in [6.45, 7) is 5.05. The van der Waals surface area contributed by atoms with Gasteiger partial charge in [-0.3, -0.25) is 0 Å². The molecule has 1 aromatic carbocycles. The maximum Gasteiger partial charge on any atom is 0.161 e. The molecule has 4 rings (SSSR count). The molecule has 1 N–H and O–H groups in total. The van der Waals surface area contributed by atoms with E-state index in [-0.39, 0.29) is 0 Å². The van der Waals surface area contributed by atoms with E-state index >= 15 is 0 Å². The summed E-state index contributed by atoms with van der Waals surface area (Å²) in [6, 6.07) is 10.3. The van der Waals surface area contributed by atoms with Crippen LogP contribution in [0.25, 0.3) is 0 Å². The number of furan rings is 1. The van der Waals surface area contributed by atoms with E-state index in [1.165, 1.54) is 12.0 Å². The Morgan fingerprint density at radius 3 is 2.68 bits per heavy atom. The van der Waals surface area contributed by atoms with Crippen LogP contribution in [0.2, 0.25) is 0 Å². The molecule has 2 heterocycles. The highest BCUT2D eigenvalue weighted by Crippen LogP contribution is 2.47. The molecule has 0 bridgehead atoms. The molecule has 0 radical (unpaired) electrons. The number of rotatable bonds is 5. The highest BCUT2D eigenvalue weighted by atomic mass is 16.6. The van der Waals surface area contributed by atoms with Crippen LogP contribution in [0.5, 0.6) is 11.5 Å². The summed E-state index contributed by atoms with van der Waals surface area (Å²) in [5.74, 6) is 5.25. The van der Waals surface area contributed by atoms with Crippen molar-refractivity contribution >= 4 is 0 Å². The second kappa shape index (κ2) is 5.69. The molecule has 0 amide bonds. The van der Waals surface area contributed by atoms with Crippen LogP contribution in [0.1, 0.15) is 36.3 Å². The van der Waals surface area contributed by atoms with Crippen LogP contribution in [0, 0.1) is 5.92 Å². The highest BCUT2D eigenvalue weighted by molar-refractivity contribution is 5.43. The molecular weight excluding hydrogens is 278 g/mol. The van der Waals surface area contributed by atoms with Crippen molar-refractivity contribution in [2.75, 3.05) is 13.2 Å². The number of nitrogens with one attached hydrogen (secondary N) is 1. The lowest BCUT2D eigenvalue weighted by Crippen LogP contribution is -2.16. The van der Waals surface area contributed by atoms with E-state index in [9.17, 15) is 0 Å². The topological polar surface area (TPSA) is 43.6 Å². The second-order valence-corrected chi connectivity index (χ2v) is 6.21. The minimum Gasteiger partial charge on any atom is -0.486 e. The molecule has 0 saturated heterocycles. The lowest BCUT2D eigenvalue weighted by Gasteiger charge is -2.18. The van der Waals surface area contributed by atoms with E-state index < -0.39 is 0 Å². The van der Waals surface area contributed by atoms with Crippen molar-refractivity contribution in [1.29, 1.82) is 0 Å². The third-order valence-electron chi connectivity index (χ3n) is 4.39. The summed E-state index contributed by atoms with van der Waals surface area (Å²) < 4.78 is 17.0. The maximum atomic E-state index is 5.90. The van der Waals surface area contributed by atoms with Gasteiger partial charge in [-0.2, -0.15) is 0 Å². The van der Waals surface area contributed by atoms with Crippen LogP contribution >= 0.6 is 0 Å². The minimum atomic E-state index is 0.624. The predicted octanol–water partition coefficient (Wildman–Crippen LogP) is 3.46. The predicted molar refractivity (Wildman–Crippen MR) is 83.2 cm³/mol. The summed E-state index contributed by atoms with van der Waals surface area (Å²) in [5.41, 5.74) is 1.19. The van der Waals surface area contributed by atoms with Crippen molar-refractivity contribution in [2.24, 2.45) is 5.92 Å². The van der Waals surface area contributed by atoms with Crippen LogP contribution in [-0.4, -0.2) is 13.2 Å². The second-order valence-electron chi connectivity index (χ2n) is 6.21. The van der Waals surface area contributed by atoms with Gasteiger partial charge in [0, 0.05) is 12.5 Å². The van der Waals surface area contributed by atoms with Crippen molar-refractivity contribution in [3.05, 3.63) is 47.4 Å². The summed E-state index contributed by atoms with van der Waals surface area (Å²) in [5, 5.41) is 3.42. The van der Waals surface area contributed by atoms with Crippen molar-refractivity contribution in [2.45, 2.75) is 32.4 Å². The van der Waals surface area contributed by atoms with Gasteiger partial charge in [0.1, 0.15) is 24.7 Å². The van der Waals surface area contributed by atoms with Gasteiger partial charge in [0.05, 0.1) is 6.54 Å². The average Bonchev–Trinajstić information content (AvgIpc) is 3.09. The van der Waals surface area contributed by atoms with Crippen LogP contribution in [-0.2, 0) is 13.1 Å². The van der Waals surface area contributed by atoms with Crippen LogP contribution in [0.3, 0.4) is 0 Å².